The summed E-state index contributed by atoms with van der Waals surface area (Å²) in [6.45, 7) is 3.28. The van der Waals surface area contributed by atoms with Gasteiger partial charge >= 0.3 is 5.97 Å². The lowest BCUT2D eigenvalue weighted by molar-refractivity contribution is -0.143. The maximum Gasteiger partial charge on any atom is 0.325 e. The number of amides is 2. The van der Waals surface area contributed by atoms with Crippen LogP contribution in [-0.2, 0) is 24.3 Å². The maximum absolute atomic E-state index is 13.7. The highest BCUT2D eigenvalue weighted by molar-refractivity contribution is 14.0. The zero-order chi connectivity index (χ0) is 30.0. The summed E-state index contributed by atoms with van der Waals surface area (Å²) in [5.41, 5.74) is 1.40. The highest BCUT2D eigenvalue weighted by atomic mass is 127. The largest absolute Gasteiger partial charge is 0.465 e. The fraction of sp³-hybridized carbons (Fsp3) is 0.321. The van der Waals surface area contributed by atoms with Crippen LogP contribution in [0.5, 0.6) is 0 Å². The SMILES string of the molecule is CCOC(=O)CNC(=O)CC1CN(S(=O)(=O)c2ccc3cc(Cl)ccc3c2)CCN1C(=O)c1nc2cc(C)ncc2s1.I. The first-order chi connectivity index (χ1) is 20.0. The molecule has 0 aliphatic carbocycles. The third kappa shape index (κ3) is 7.42. The lowest BCUT2D eigenvalue weighted by Gasteiger charge is -2.40. The van der Waals surface area contributed by atoms with Crippen LogP contribution in [0.2, 0.25) is 5.02 Å². The monoisotopic (exact) mass is 757 g/mol. The molecule has 1 aliphatic rings. The number of piperazine rings is 1. The maximum atomic E-state index is 13.7. The molecule has 43 heavy (non-hydrogen) atoms. The van der Waals surface area contributed by atoms with Gasteiger partial charge in [-0.25, -0.2) is 13.4 Å². The Morgan fingerprint density at radius 1 is 1.12 bits per heavy atom. The van der Waals surface area contributed by atoms with Gasteiger partial charge in [0.2, 0.25) is 15.9 Å². The van der Waals surface area contributed by atoms with Gasteiger partial charge in [0.15, 0.2) is 5.01 Å². The quantitative estimate of drug-likeness (QED) is 0.210. The van der Waals surface area contributed by atoms with Crippen molar-refractivity contribution in [3.8, 4) is 0 Å². The van der Waals surface area contributed by atoms with Crippen LogP contribution in [0.4, 0.5) is 0 Å². The molecule has 0 bridgehead atoms. The molecule has 2 aromatic carbocycles. The zero-order valence-electron chi connectivity index (χ0n) is 23.3. The van der Waals surface area contributed by atoms with Crippen molar-refractivity contribution in [3.05, 3.63) is 64.4 Å². The number of thiazole rings is 1. The van der Waals surface area contributed by atoms with E-state index < -0.39 is 33.8 Å². The Morgan fingerprint density at radius 2 is 1.86 bits per heavy atom. The van der Waals surface area contributed by atoms with Crippen molar-refractivity contribution in [1.29, 1.82) is 0 Å². The summed E-state index contributed by atoms with van der Waals surface area (Å²) in [6, 6.07) is 11.0. The van der Waals surface area contributed by atoms with Gasteiger partial charge in [0, 0.05) is 43.0 Å². The minimum absolute atomic E-state index is 0. The molecule has 1 atom stereocenters. The molecule has 11 nitrogen and oxygen atoms in total. The highest BCUT2D eigenvalue weighted by Crippen LogP contribution is 2.29. The predicted molar refractivity (Wildman–Crippen MR) is 174 cm³/mol. The lowest BCUT2D eigenvalue weighted by Crippen LogP contribution is -2.57. The number of fused-ring (bicyclic) bond motifs is 2. The number of hydrogen-bond acceptors (Lipinski definition) is 9. The van der Waals surface area contributed by atoms with E-state index in [1.807, 2.05) is 6.92 Å². The summed E-state index contributed by atoms with van der Waals surface area (Å²) in [6.07, 6.45) is 1.43. The summed E-state index contributed by atoms with van der Waals surface area (Å²) in [5.74, 6) is -1.52. The Bertz CT molecular complexity index is 1800. The molecular formula is C28H29ClIN5O6S2. The van der Waals surface area contributed by atoms with E-state index in [0.29, 0.717) is 15.9 Å². The summed E-state index contributed by atoms with van der Waals surface area (Å²) in [7, 11) is -3.97. The first-order valence-electron chi connectivity index (χ1n) is 13.2. The first kappa shape index (κ1) is 33.0. The molecule has 5 rings (SSSR count). The Kier molecular flexibility index (Phi) is 10.6. The molecule has 2 amide bonds. The van der Waals surface area contributed by atoms with Crippen LogP contribution >= 0.6 is 46.9 Å². The van der Waals surface area contributed by atoms with Crippen molar-refractivity contribution in [1.82, 2.24) is 24.5 Å². The van der Waals surface area contributed by atoms with Crippen LogP contribution in [0.25, 0.3) is 21.0 Å². The summed E-state index contributed by atoms with van der Waals surface area (Å²) >= 11 is 7.26. The second kappa shape index (κ2) is 13.8. The van der Waals surface area contributed by atoms with E-state index in [9.17, 15) is 22.8 Å². The van der Waals surface area contributed by atoms with E-state index in [-0.39, 0.29) is 73.1 Å². The van der Waals surface area contributed by atoms with E-state index in [4.69, 9.17) is 16.3 Å². The number of ether oxygens (including phenoxy) is 1. The fourth-order valence-corrected chi connectivity index (χ4v) is 7.37. The number of rotatable bonds is 8. The summed E-state index contributed by atoms with van der Waals surface area (Å²) < 4.78 is 34.3. The van der Waals surface area contributed by atoms with Crippen LogP contribution in [0.15, 0.2) is 53.6 Å². The van der Waals surface area contributed by atoms with E-state index >= 15 is 0 Å². The minimum Gasteiger partial charge on any atom is -0.465 e. The van der Waals surface area contributed by atoms with Gasteiger partial charge in [-0.2, -0.15) is 4.31 Å². The smallest absolute Gasteiger partial charge is 0.325 e. The van der Waals surface area contributed by atoms with Crippen LogP contribution in [0.1, 0.15) is 28.8 Å². The number of hydrogen-bond donors (Lipinski definition) is 1. The molecule has 4 aromatic rings. The number of halogens is 2. The molecule has 0 radical (unpaired) electrons. The number of nitrogens with one attached hydrogen (secondary N) is 1. The topological polar surface area (TPSA) is 139 Å². The van der Waals surface area contributed by atoms with Gasteiger partial charge in [-0.3, -0.25) is 19.4 Å². The molecule has 1 N–H and O–H groups in total. The highest BCUT2D eigenvalue weighted by Gasteiger charge is 2.38. The summed E-state index contributed by atoms with van der Waals surface area (Å²) in [4.78, 5) is 48.6. The number of sulfonamides is 1. The van der Waals surface area contributed by atoms with Gasteiger partial charge in [0.25, 0.3) is 5.91 Å². The number of aryl methyl sites for hydroxylation is 1. The fourth-order valence-electron chi connectivity index (χ4n) is 4.81. The van der Waals surface area contributed by atoms with Crippen molar-refractivity contribution in [2.75, 3.05) is 32.8 Å². The molecule has 3 heterocycles. The lowest BCUT2D eigenvalue weighted by atomic mass is 10.1. The van der Waals surface area contributed by atoms with Crippen molar-refractivity contribution in [2.45, 2.75) is 31.2 Å². The molecule has 1 unspecified atom stereocenters. The van der Waals surface area contributed by atoms with Gasteiger partial charge in [0.05, 0.1) is 27.8 Å². The molecule has 15 heteroatoms. The van der Waals surface area contributed by atoms with E-state index in [1.54, 1.807) is 49.5 Å². The first-order valence-corrected chi connectivity index (χ1v) is 15.8. The predicted octanol–water partition coefficient (Wildman–Crippen LogP) is 4.01. The Morgan fingerprint density at radius 3 is 2.63 bits per heavy atom. The van der Waals surface area contributed by atoms with Crippen LogP contribution in [0.3, 0.4) is 0 Å². The average molecular weight is 758 g/mol. The van der Waals surface area contributed by atoms with Gasteiger partial charge in [-0.1, -0.05) is 23.7 Å². The van der Waals surface area contributed by atoms with Crippen molar-refractivity contribution >= 4 is 95.7 Å². The molecule has 0 saturated carbocycles. The van der Waals surface area contributed by atoms with Gasteiger partial charge in [0.1, 0.15) is 6.54 Å². The van der Waals surface area contributed by atoms with Crippen molar-refractivity contribution in [2.24, 2.45) is 0 Å². The Hall–Kier alpha value is -2.92. The molecule has 1 fully saturated rings. The van der Waals surface area contributed by atoms with E-state index in [1.165, 1.54) is 26.6 Å². The average Bonchev–Trinajstić information content (AvgIpc) is 3.39. The Labute approximate surface area is 274 Å². The summed E-state index contributed by atoms with van der Waals surface area (Å²) in [5, 5.41) is 4.78. The molecule has 1 saturated heterocycles. The van der Waals surface area contributed by atoms with Crippen molar-refractivity contribution < 1.29 is 27.5 Å². The number of carbonyl (C=O) groups is 3. The van der Waals surface area contributed by atoms with Crippen molar-refractivity contribution in [3.63, 3.8) is 0 Å². The molecule has 1 aliphatic heterocycles. The minimum atomic E-state index is -3.97. The van der Waals surface area contributed by atoms with Crippen LogP contribution in [0, 0.1) is 6.92 Å². The standard InChI is InChI=1S/C28H28ClN5O6S2.HI/c1-3-40-26(36)15-31-25(35)13-21-16-33(42(38,39)22-7-5-18-11-20(29)6-4-19(18)12-22)8-9-34(21)28(37)27-32-23-10-17(2)30-14-24(23)41-27;/h4-7,10-12,14,21H,3,8-9,13,15-16H2,1-2H3,(H,31,35);1H. The number of pyridine rings is 1. The third-order valence-electron chi connectivity index (χ3n) is 6.87. The van der Waals surface area contributed by atoms with Gasteiger partial charge < -0.3 is 15.0 Å². The van der Waals surface area contributed by atoms with Crippen LogP contribution in [-0.4, -0.2) is 84.2 Å². The number of nitrogens with zero attached hydrogens (tertiary/aromatic N) is 4. The Balaban J connectivity index is 0.00000423. The van der Waals surface area contributed by atoms with E-state index in [0.717, 1.165) is 15.8 Å². The molecule has 2 aromatic heterocycles. The second-order valence-corrected chi connectivity index (χ2v) is 13.2. The molecule has 0 spiro atoms. The van der Waals surface area contributed by atoms with Gasteiger partial charge in [-0.05, 0) is 55.0 Å². The van der Waals surface area contributed by atoms with Gasteiger partial charge in [-0.15, -0.1) is 35.3 Å². The number of esters is 1. The normalized spacial score (nSPS) is 15.7. The van der Waals surface area contributed by atoms with E-state index in [2.05, 4.69) is 15.3 Å². The molecular weight excluding hydrogens is 729 g/mol. The number of benzene rings is 2. The number of carbonyl (C=O) groups excluding carboxylic acids is 3. The zero-order valence-corrected chi connectivity index (χ0v) is 28.0. The third-order valence-corrected chi connectivity index (χ3v) is 9.96. The number of aromatic nitrogens is 2. The van der Waals surface area contributed by atoms with Crippen LogP contribution < -0.4 is 5.32 Å². The second-order valence-electron chi connectivity index (χ2n) is 9.77. The molecule has 228 valence electrons.